The van der Waals surface area contributed by atoms with Gasteiger partial charge in [-0.25, -0.2) is 0 Å². The van der Waals surface area contributed by atoms with Gasteiger partial charge in [-0.3, -0.25) is 4.79 Å². The van der Waals surface area contributed by atoms with E-state index in [2.05, 4.69) is 5.32 Å². The highest BCUT2D eigenvalue weighted by atomic mass is 35.5. The average Bonchev–Trinajstić information content (AvgIpc) is 2.30. The molecule has 0 spiro atoms. The smallest absolute Gasteiger partial charge is 0.245 e. The van der Waals surface area contributed by atoms with Crippen LogP contribution in [0.4, 0.5) is 5.69 Å². The average molecular weight is 185 g/mol. The second-order valence-corrected chi connectivity index (χ2v) is 2.55. The maximum absolute atomic E-state index is 11.0. The van der Waals surface area contributed by atoms with Gasteiger partial charge < -0.3 is 11.1 Å². The number of hydrogen-bond donors (Lipinski definition) is 2. The fourth-order valence-corrected chi connectivity index (χ4v) is 1.23. The predicted molar refractivity (Wildman–Crippen MR) is 49.2 cm³/mol. The number of amides is 1. The first-order valence-corrected chi connectivity index (χ1v) is 3.44. The third-order valence-corrected chi connectivity index (χ3v) is 1.84. The number of para-hydroxylation sites is 1. The third kappa shape index (κ3) is 1.17. The van der Waals surface area contributed by atoms with Crippen molar-refractivity contribution in [2.45, 2.75) is 6.04 Å². The normalized spacial score (nSPS) is 19.4. The zero-order chi connectivity index (χ0) is 7.84. The van der Waals surface area contributed by atoms with E-state index >= 15 is 0 Å². The van der Waals surface area contributed by atoms with Crippen LogP contribution in [0.5, 0.6) is 0 Å². The SMILES string of the molecule is Cl.NC1C(=O)Nc2ccccc21. The van der Waals surface area contributed by atoms with Crippen LogP contribution in [0.15, 0.2) is 24.3 Å². The van der Waals surface area contributed by atoms with Gasteiger partial charge in [0.05, 0.1) is 0 Å². The molecule has 0 saturated carbocycles. The van der Waals surface area contributed by atoms with Crippen LogP contribution in [-0.4, -0.2) is 5.91 Å². The van der Waals surface area contributed by atoms with Gasteiger partial charge in [-0.1, -0.05) is 18.2 Å². The van der Waals surface area contributed by atoms with Crippen LogP contribution in [0, 0.1) is 0 Å². The van der Waals surface area contributed by atoms with Crippen molar-refractivity contribution in [3.05, 3.63) is 29.8 Å². The van der Waals surface area contributed by atoms with E-state index < -0.39 is 6.04 Å². The summed E-state index contributed by atoms with van der Waals surface area (Å²) in [7, 11) is 0. The summed E-state index contributed by atoms with van der Waals surface area (Å²) in [5, 5.41) is 2.68. The van der Waals surface area contributed by atoms with Gasteiger partial charge in [0.15, 0.2) is 0 Å². The highest BCUT2D eigenvalue weighted by molar-refractivity contribution is 6.02. The summed E-state index contributed by atoms with van der Waals surface area (Å²) in [6, 6.07) is 6.97. The highest BCUT2D eigenvalue weighted by Gasteiger charge is 2.25. The first-order valence-electron chi connectivity index (χ1n) is 3.44. The molecule has 0 radical (unpaired) electrons. The Bertz CT molecular complexity index is 314. The lowest BCUT2D eigenvalue weighted by atomic mass is 10.1. The van der Waals surface area contributed by atoms with Crippen molar-refractivity contribution in [1.29, 1.82) is 0 Å². The van der Waals surface area contributed by atoms with Crippen LogP contribution >= 0.6 is 12.4 Å². The minimum absolute atomic E-state index is 0. The van der Waals surface area contributed by atoms with E-state index in [9.17, 15) is 4.79 Å². The summed E-state index contributed by atoms with van der Waals surface area (Å²) in [5.41, 5.74) is 7.30. The number of hydrogen-bond acceptors (Lipinski definition) is 2. The van der Waals surface area contributed by atoms with Gasteiger partial charge in [0.25, 0.3) is 0 Å². The molecular weight excluding hydrogens is 176 g/mol. The number of halogens is 1. The molecule has 1 aliphatic rings. The van der Waals surface area contributed by atoms with E-state index in [0.29, 0.717) is 0 Å². The zero-order valence-corrected chi connectivity index (χ0v) is 7.10. The Balaban J connectivity index is 0.000000720. The van der Waals surface area contributed by atoms with E-state index in [-0.39, 0.29) is 18.3 Å². The van der Waals surface area contributed by atoms with Gasteiger partial charge in [0, 0.05) is 11.3 Å². The molecule has 1 atom stereocenters. The number of carbonyl (C=O) groups is 1. The van der Waals surface area contributed by atoms with Crippen molar-refractivity contribution in [3.8, 4) is 0 Å². The number of anilines is 1. The van der Waals surface area contributed by atoms with Crippen molar-refractivity contribution in [1.82, 2.24) is 0 Å². The maximum Gasteiger partial charge on any atom is 0.245 e. The number of fused-ring (bicyclic) bond motifs is 1. The highest BCUT2D eigenvalue weighted by Crippen LogP contribution is 2.27. The quantitative estimate of drug-likeness (QED) is 0.634. The largest absolute Gasteiger partial charge is 0.324 e. The molecule has 1 unspecified atom stereocenters. The van der Waals surface area contributed by atoms with Gasteiger partial charge in [-0.2, -0.15) is 0 Å². The molecule has 1 aromatic carbocycles. The lowest BCUT2D eigenvalue weighted by Gasteiger charge is -1.97. The van der Waals surface area contributed by atoms with Crippen molar-refractivity contribution in [2.24, 2.45) is 5.73 Å². The van der Waals surface area contributed by atoms with E-state index in [0.717, 1.165) is 11.3 Å². The van der Waals surface area contributed by atoms with Crippen LogP contribution < -0.4 is 11.1 Å². The Morgan fingerprint density at radius 3 is 2.67 bits per heavy atom. The molecule has 0 aliphatic carbocycles. The Kier molecular flexibility index (Phi) is 2.35. The first-order chi connectivity index (χ1) is 5.29. The summed E-state index contributed by atoms with van der Waals surface area (Å²) in [6.07, 6.45) is 0. The summed E-state index contributed by atoms with van der Waals surface area (Å²) in [6.45, 7) is 0. The van der Waals surface area contributed by atoms with Gasteiger partial charge in [0.2, 0.25) is 5.91 Å². The molecule has 0 bridgehead atoms. The van der Waals surface area contributed by atoms with Crippen LogP contribution in [-0.2, 0) is 4.79 Å². The van der Waals surface area contributed by atoms with Gasteiger partial charge in [-0.05, 0) is 6.07 Å². The topological polar surface area (TPSA) is 55.1 Å². The van der Waals surface area contributed by atoms with E-state index in [1.165, 1.54) is 0 Å². The van der Waals surface area contributed by atoms with Crippen molar-refractivity contribution in [3.63, 3.8) is 0 Å². The molecule has 1 heterocycles. The molecule has 4 heteroatoms. The summed E-state index contributed by atoms with van der Waals surface area (Å²) < 4.78 is 0. The molecule has 1 aliphatic heterocycles. The van der Waals surface area contributed by atoms with E-state index in [4.69, 9.17) is 5.73 Å². The minimum atomic E-state index is -0.480. The van der Waals surface area contributed by atoms with Gasteiger partial charge >= 0.3 is 0 Å². The predicted octanol–water partition coefficient (Wildman–Crippen LogP) is 1.06. The van der Waals surface area contributed by atoms with Crippen molar-refractivity contribution in [2.75, 3.05) is 5.32 Å². The molecule has 0 saturated heterocycles. The van der Waals surface area contributed by atoms with E-state index in [1.807, 2.05) is 24.3 Å². The van der Waals surface area contributed by atoms with Gasteiger partial charge in [-0.15, -0.1) is 12.4 Å². The molecule has 0 fully saturated rings. The molecule has 64 valence electrons. The maximum atomic E-state index is 11.0. The molecular formula is C8H9ClN2O. The Morgan fingerprint density at radius 2 is 2.00 bits per heavy atom. The van der Waals surface area contributed by atoms with Gasteiger partial charge in [0.1, 0.15) is 6.04 Å². The van der Waals surface area contributed by atoms with Crippen LogP contribution in [0.1, 0.15) is 11.6 Å². The summed E-state index contributed by atoms with van der Waals surface area (Å²) in [5.74, 6) is -0.119. The van der Waals surface area contributed by atoms with Crippen LogP contribution in [0.3, 0.4) is 0 Å². The molecule has 1 aromatic rings. The number of nitrogens with one attached hydrogen (secondary N) is 1. The Hall–Kier alpha value is -1.06. The van der Waals surface area contributed by atoms with Crippen LogP contribution in [0.2, 0.25) is 0 Å². The molecule has 3 N–H and O–H groups in total. The minimum Gasteiger partial charge on any atom is -0.324 e. The summed E-state index contributed by atoms with van der Waals surface area (Å²) >= 11 is 0. The molecule has 12 heavy (non-hydrogen) atoms. The first kappa shape index (κ1) is 9.03. The lowest BCUT2D eigenvalue weighted by molar-refractivity contribution is -0.116. The molecule has 0 aromatic heterocycles. The monoisotopic (exact) mass is 184 g/mol. The molecule has 3 nitrogen and oxygen atoms in total. The van der Waals surface area contributed by atoms with E-state index in [1.54, 1.807) is 0 Å². The second-order valence-electron chi connectivity index (χ2n) is 2.55. The number of benzene rings is 1. The number of rotatable bonds is 0. The number of nitrogens with two attached hydrogens (primary N) is 1. The standard InChI is InChI=1S/C8H8N2O.ClH/c9-7-5-3-1-2-4-6(5)10-8(7)11;/h1-4,7H,9H2,(H,10,11);1H. The fraction of sp³-hybridized carbons (Fsp3) is 0.125. The second kappa shape index (κ2) is 3.13. The fourth-order valence-electron chi connectivity index (χ4n) is 1.23. The molecule has 2 rings (SSSR count). The zero-order valence-electron chi connectivity index (χ0n) is 6.28. The van der Waals surface area contributed by atoms with Crippen molar-refractivity contribution >= 4 is 24.0 Å². The lowest BCUT2D eigenvalue weighted by Crippen LogP contribution is -2.19. The number of carbonyl (C=O) groups excluding carboxylic acids is 1. The Labute approximate surface area is 76.4 Å². The molecule has 1 amide bonds. The van der Waals surface area contributed by atoms with Crippen molar-refractivity contribution < 1.29 is 4.79 Å². The van der Waals surface area contributed by atoms with Crippen LogP contribution in [0.25, 0.3) is 0 Å². The third-order valence-electron chi connectivity index (χ3n) is 1.84. The summed E-state index contributed by atoms with van der Waals surface area (Å²) in [4.78, 5) is 11.0. The Morgan fingerprint density at radius 1 is 1.33 bits per heavy atom.